The van der Waals surface area contributed by atoms with Crippen molar-refractivity contribution in [2.75, 3.05) is 0 Å². The van der Waals surface area contributed by atoms with Gasteiger partial charge in [0.25, 0.3) is 0 Å². The van der Waals surface area contributed by atoms with Crippen LogP contribution in [0.15, 0.2) is 58.1 Å². The number of halogens is 6. The molecule has 0 saturated carbocycles. The molecule has 0 spiro atoms. The molecule has 1 N–H and O–H groups in total. The molecule has 6 aromatic rings. The smallest absolute Gasteiger partial charge is 0.304 e. The van der Waals surface area contributed by atoms with Crippen molar-refractivity contribution in [3.8, 4) is 44.0 Å². The zero-order valence-electron chi connectivity index (χ0n) is 29.3. The zero-order valence-corrected chi connectivity index (χ0v) is 34.8. The highest BCUT2D eigenvalue weighted by Crippen LogP contribution is 2.49. The highest BCUT2D eigenvalue weighted by atomic mass is 35.5. The summed E-state index contributed by atoms with van der Waals surface area (Å²) in [5.41, 5.74) is 3.99. The van der Waals surface area contributed by atoms with Gasteiger partial charge in [0.1, 0.15) is 48.4 Å². The van der Waals surface area contributed by atoms with E-state index in [2.05, 4.69) is 5.10 Å². The molecule has 2 aliphatic rings. The standard InChI is InChI=1S/C38H32Cl4F2N4O5S3/c39-20-9-11-28(24(41)15-20)47-35-22(18-52-30-13-14-54-37(30)35)33(45-47)26(43)7-5-3-1-2-4-6-8-27(44)34-23-19-53-31-17-32(56(49,50)51)55-38(31)36(23)48(46-34)29-12-10-21(40)16-25(29)42/h9-17,26-27H,1-8,18-19H2,(H,49,50,51). The third-order valence-electron chi connectivity index (χ3n) is 9.80. The molecule has 0 amide bonds. The molecule has 0 saturated heterocycles. The fourth-order valence-corrected chi connectivity index (χ4v) is 10.8. The minimum atomic E-state index is -4.51. The summed E-state index contributed by atoms with van der Waals surface area (Å²) < 4.78 is 80.1. The van der Waals surface area contributed by atoms with Gasteiger partial charge in [0.2, 0.25) is 0 Å². The zero-order chi connectivity index (χ0) is 39.3. The molecule has 2 atom stereocenters. The normalized spacial score (nSPS) is 14.3. The summed E-state index contributed by atoms with van der Waals surface area (Å²) in [6.07, 6.45) is 2.32. The van der Waals surface area contributed by atoms with E-state index in [1.807, 2.05) is 11.4 Å². The number of alkyl halides is 2. The van der Waals surface area contributed by atoms with Crippen LogP contribution < -0.4 is 9.47 Å². The quantitative estimate of drug-likeness (QED) is 0.0856. The molecule has 0 fully saturated rings. The van der Waals surface area contributed by atoms with E-state index in [1.54, 1.807) is 41.1 Å². The number of fused-ring (bicyclic) bond motifs is 6. The molecule has 294 valence electrons. The van der Waals surface area contributed by atoms with Gasteiger partial charge in [-0.05, 0) is 60.7 Å². The summed E-state index contributed by atoms with van der Waals surface area (Å²) >= 11 is 27.7. The lowest BCUT2D eigenvalue weighted by atomic mass is 10.0. The first-order valence-electron chi connectivity index (χ1n) is 17.8. The molecule has 2 aromatic carbocycles. The number of hydrogen-bond acceptors (Lipinski definition) is 8. The topological polar surface area (TPSA) is 108 Å². The molecule has 2 aliphatic heterocycles. The second kappa shape index (κ2) is 16.2. The van der Waals surface area contributed by atoms with Crippen LogP contribution in [0.1, 0.15) is 86.2 Å². The summed E-state index contributed by atoms with van der Waals surface area (Å²) in [4.78, 5) is 1.26. The molecule has 9 nitrogen and oxygen atoms in total. The Bertz CT molecular complexity index is 2550. The number of thiophene rings is 2. The molecule has 0 radical (unpaired) electrons. The number of unbranched alkanes of at least 4 members (excludes halogenated alkanes) is 5. The fraction of sp³-hybridized carbons (Fsp3) is 0.316. The average Bonchev–Trinajstić information content (AvgIpc) is 3.95. The van der Waals surface area contributed by atoms with E-state index in [1.165, 1.54) is 22.1 Å². The van der Waals surface area contributed by atoms with Crippen LogP contribution in [-0.4, -0.2) is 32.5 Å². The first-order valence-corrected chi connectivity index (χ1v) is 22.4. The monoisotopic (exact) mass is 898 g/mol. The first kappa shape index (κ1) is 39.6. The molecule has 2 unspecified atom stereocenters. The lowest BCUT2D eigenvalue weighted by Gasteiger charge is -2.17. The molecule has 8 rings (SSSR count). The maximum Gasteiger partial charge on any atom is 0.304 e. The highest BCUT2D eigenvalue weighted by molar-refractivity contribution is 7.88. The molecular formula is C38H32Cl4F2N4O5S3. The predicted molar refractivity (Wildman–Crippen MR) is 217 cm³/mol. The van der Waals surface area contributed by atoms with Crippen LogP contribution in [0, 0.1) is 0 Å². The number of hydrogen-bond donors (Lipinski definition) is 1. The third kappa shape index (κ3) is 7.71. The van der Waals surface area contributed by atoms with E-state index in [0.717, 1.165) is 53.3 Å². The van der Waals surface area contributed by atoms with Gasteiger partial charge in [-0.2, -0.15) is 18.6 Å². The van der Waals surface area contributed by atoms with Crippen LogP contribution in [0.2, 0.25) is 20.1 Å². The van der Waals surface area contributed by atoms with Gasteiger partial charge in [-0.25, -0.2) is 18.1 Å². The van der Waals surface area contributed by atoms with Gasteiger partial charge >= 0.3 is 10.1 Å². The minimum absolute atomic E-state index is 0.0411. The maximum absolute atomic E-state index is 16.0. The van der Waals surface area contributed by atoms with Gasteiger partial charge in [0.15, 0.2) is 4.21 Å². The van der Waals surface area contributed by atoms with Crippen molar-refractivity contribution in [2.45, 2.75) is 81.1 Å². The second-order valence-electron chi connectivity index (χ2n) is 13.5. The van der Waals surface area contributed by atoms with E-state index in [4.69, 9.17) is 61.0 Å². The van der Waals surface area contributed by atoms with Gasteiger partial charge in [-0.15, -0.1) is 22.7 Å². The predicted octanol–water partition coefficient (Wildman–Crippen LogP) is 13.0. The molecule has 18 heteroatoms. The van der Waals surface area contributed by atoms with Crippen molar-refractivity contribution in [2.24, 2.45) is 0 Å². The molecule has 0 aliphatic carbocycles. The van der Waals surface area contributed by atoms with E-state index >= 15 is 8.78 Å². The summed E-state index contributed by atoms with van der Waals surface area (Å²) in [5, 5.41) is 12.9. The van der Waals surface area contributed by atoms with Crippen molar-refractivity contribution in [3.05, 3.63) is 96.5 Å². The van der Waals surface area contributed by atoms with E-state index in [0.29, 0.717) is 73.1 Å². The van der Waals surface area contributed by atoms with Crippen LogP contribution in [0.25, 0.3) is 32.5 Å². The Morgan fingerprint density at radius 2 is 1.21 bits per heavy atom. The van der Waals surface area contributed by atoms with Crippen LogP contribution in [0.3, 0.4) is 0 Å². The Morgan fingerprint density at radius 3 is 1.73 bits per heavy atom. The highest BCUT2D eigenvalue weighted by Gasteiger charge is 2.35. The Labute approximate surface area is 349 Å². The number of nitrogens with zero attached hydrogens (tertiary/aromatic N) is 4. The molecule has 6 heterocycles. The number of rotatable bonds is 14. The lowest BCUT2D eigenvalue weighted by molar-refractivity contribution is 0.278. The van der Waals surface area contributed by atoms with Crippen molar-refractivity contribution in [1.82, 2.24) is 19.6 Å². The second-order valence-corrected chi connectivity index (χ2v) is 18.8. The summed E-state index contributed by atoms with van der Waals surface area (Å²) in [6, 6.07) is 13.1. The van der Waals surface area contributed by atoms with Crippen LogP contribution in [-0.2, 0) is 23.3 Å². The SMILES string of the molecule is O=S(=O)(O)c1cc2c(s1)-c1c(c(C(F)CCCCCCCCC(F)c3nn(-c4ccc(Cl)cc4Cl)c4c3COc3ccsc3-4)nn1-c1ccc(Cl)cc1Cl)CO2. The maximum atomic E-state index is 16.0. The fourth-order valence-electron chi connectivity index (χ4n) is 7.11. The average molecular weight is 901 g/mol. The van der Waals surface area contributed by atoms with E-state index in [9.17, 15) is 13.0 Å². The number of aromatic nitrogens is 4. The summed E-state index contributed by atoms with van der Waals surface area (Å²) in [6.45, 7) is 0.172. The van der Waals surface area contributed by atoms with Gasteiger partial charge in [0.05, 0.1) is 42.6 Å². The van der Waals surface area contributed by atoms with Gasteiger partial charge in [0, 0.05) is 27.2 Å². The van der Waals surface area contributed by atoms with Gasteiger partial charge < -0.3 is 9.47 Å². The number of benzene rings is 2. The first-order chi connectivity index (χ1) is 26.9. The lowest BCUT2D eigenvalue weighted by Crippen LogP contribution is -2.07. The van der Waals surface area contributed by atoms with Crippen molar-refractivity contribution in [1.29, 1.82) is 0 Å². The van der Waals surface area contributed by atoms with Crippen molar-refractivity contribution < 1.29 is 31.2 Å². The van der Waals surface area contributed by atoms with Crippen LogP contribution in [0.5, 0.6) is 11.5 Å². The Hall–Kier alpha value is -3.21. The molecule has 4 aromatic heterocycles. The Balaban J connectivity index is 0.886. The Kier molecular flexibility index (Phi) is 11.5. The van der Waals surface area contributed by atoms with Gasteiger partial charge in [-0.1, -0.05) is 84.9 Å². The van der Waals surface area contributed by atoms with Gasteiger partial charge in [-0.3, -0.25) is 4.55 Å². The van der Waals surface area contributed by atoms with E-state index < -0.39 is 22.5 Å². The third-order valence-corrected chi connectivity index (χ3v) is 14.2. The molecular weight excluding hydrogens is 868 g/mol. The molecule has 56 heavy (non-hydrogen) atoms. The largest absolute Gasteiger partial charge is 0.487 e. The Morgan fingerprint density at radius 1 is 0.714 bits per heavy atom. The van der Waals surface area contributed by atoms with E-state index in [-0.39, 0.29) is 40.3 Å². The molecule has 0 bridgehead atoms. The van der Waals surface area contributed by atoms with Crippen molar-refractivity contribution in [3.63, 3.8) is 0 Å². The minimum Gasteiger partial charge on any atom is -0.487 e. The van der Waals surface area contributed by atoms with Crippen LogP contribution >= 0.6 is 69.1 Å². The summed E-state index contributed by atoms with van der Waals surface area (Å²) in [7, 11) is -4.51. The number of ether oxygens (including phenoxy) is 2. The summed E-state index contributed by atoms with van der Waals surface area (Å²) in [5.74, 6) is 0.972. The van der Waals surface area contributed by atoms with Crippen molar-refractivity contribution >= 4 is 79.2 Å². The van der Waals surface area contributed by atoms with Crippen LogP contribution in [0.4, 0.5) is 8.78 Å².